The standard InChI is InChI=1S/C17H18N4O3/c1-20-15-14(16(22)21(2)17(20)23)13(8-9-18-15)19-10-11-4-6-12(24-3)7-5-11/h4-9,14H,10H2,1-3H3. The second-order valence-electron chi connectivity index (χ2n) is 5.56. The van der Waals surface area contributed by atoms with Gasteiger partial charge in [-0.1, -0.05) is 12.1 Å². The molecule has 24 heavy (non-hydrogen) atoms. The molecule has 1 saturated heterocycles. The predicted octanol–water partition coefficient (Wildman–Crippen LogP) is 1.70. The summed E-state index contributed by atoms with van der Waals surface area (Å²) in [5.41, 5.74) is 1.61. The smallest absolute Gasteiger partial charge is 0.331 e. The molecule has 1 aromatic rings. The van der Waals surface area contributed by atoms with Gasteiger partial charge in [-0.15, -0.1) is 0 Å². The van der Waals surface area contributed by atoms with Crippen LogP contribution in [0.2, 0.25) is 0 Å². The lowest BCUT2D eigenvalue weighted by Gasteiger charge is -2.36. The van der Waals surface area contributed by atoms with Crippen LogP contribution in [0.15, 0.2) is 46.5 Å². The molecule has 0 bridgehead atoms. The van der Waals surface area contributed by atoms with Gasteiger partial charge in [0, 0.05) is 20.3 Å². The first-order valence-corrected chi connectivity index (χ1v) is 7.49. The molecule has 2 heterocycles. The summed E-state index contributed by atoms with van der Waals surface area (Å²) < 4.78 is 5.13. The number of urea groups is 1. The van der Waals surface area contributed by atoms with Gasteiger partial charge in [-0.2, -0.15) is 0 Å². The number of rotatable bonds is 3. The van der Waals surface area contributed by atoms with Crippen molar-refractivity contribution in [3.05, 3.63) is 42.1 Å². The van der Waals surface area contributed by atoms with Crippen LogP contribution in [-0.2, 0) is 11.3 Å². The molecular formula is C17H18N4O3. The highest BCUT2D eigenvalue weighted by molar-refractivity contribution is 6.31. The van der Waals surface area contributed by atoms with Crippen molar-refractivity contribution in [2.45, 2.75) is 6.54 Å². The summed E-state index contributed by atoms with van der Waals surface area (Å²) in [6.07, 6.45) is 3.29. The highest BCUT2D eigenvalue weighted by Crippen LogP contribution is 2.22. The average molecular weight is 326 g/mol. The van der Waals surface area contributed by atoms with E-state index in [1.54, 1.807) is 26.4 Å². The van der Waals surface area contributed by atoms with E-state index in [0.29, 0.717) is 18.1 Å². The van der Waals surface area contributed by atoms with Crippen molar-refractivity contribution in [2.75, 3.05) is 21.2 Å². The van der Waals surface area contributed by atoms with Gasteiger partial charge < -0.3 is 4.74 Å². The van der Waals surface area contributed by atoms with Crippen molar-refractivity contribution >= 4 is 23.5 Å². The number of nitrogens with zero attached hydrogens (tertiary/aromatic N) is 4. The fraction of sp³-hybridized carbons (Fsp3) is 0.294. The van der Waals surface area contributed by atoms with Gasteiger partial charge in [0.15, 0.2) is 0 Å². The maximum atomic E-state index is 12.5. The van der Waals surface area contributed by atoms with Crippen molar-refractivity contribution in [1.82, 2.24) is 9.80 Å². The number of amidine groups is 1. The monoisotopic (exact) mass is 326 g/mol. The molecule has 1 aromatic carbocycles. The largest absolute Gasteiger partial charge is 0.497 e. The molecule has 0 aromatic heterocycles. The van der Waals surface area contributed by atoms with Crippen LogP contribution < -0.4 is 4.74 Å². The Labute approximate surface area is 139 Å². The number of hydrogen-bond acceptors (Lipinski definition) is 5. The van der Waals surface area contributed by atoms with Crippen molar-refractivity contribution in [2.24, 2.45) is 15.9 Å². The normalized spacial score (nSPS) is 21.9. The molecule has 7 heteroatoms. The number of carbonyl (C=O) groups is 2. The van der Waals surface area contributed by atoms with Gasteiger partial charge in [-0.3, -0.25) is 19.6 Å². The van der Waals surface area contributed by atoms with E-state index < -0.39 is 5.92 Å². The van der Waals surface area contributed by atoms with Crippen LogP contribution in [0.3, 0.4) is 0 Å². The maximum Gasteiger partial charge on any atom is 0.331 e. The fourth-order valence-electron chi connectivity index (χ4n) is 2.68. The van der Waals surface area contributed by atoms with E-state index in [2.05, 4.69) is 9.98 Å². The van der Waals surface area contributed by atoms with Crippen LogP contribution in [0.5, 0.6) is 5.75 Å². The fourth-order valence-corrected chi connectivity index (χ4v) is 2.68. The van der Waals surface area contributed by atoms with Gasteiger partial charge in [0.1, 0.15) is 17.5 Å². The Morgan fingerprint density at radius 3 is 2.54 bits per heavy atom. The highest BCUT2D eigenvalue weighted by Gasteiger charge is 2.43. The lowest BCUT2D eigenvalue weighted by atomic mass is 9.95. The van der Waals surface area contributed by atoms with Crippen LogP contribution in [-0.4, -0.2) is 54.5 Å². The molecule has 3 rings (SSSR count). The minimum atomic E-state index is -0.638. The van der Waals surface area contributed by atoms with Crippen LogP contribution in [0.1, 0.15) is 5.56 Å². The summed E-state index contributed by atoms with van der Waals surface area (Å²) in [4.78, 5) is 35.7. The third-order valence-corrected chi connectivity index (χ3v) is 4.10. The topological polar surface area (TPSA) is 74.6 Å². The minimum Gasteiger partial charge on any atom is -0.497 e. The number of aliphatic imine (C=N–C) groups is 2. The Morgan fingerprint density at radius 1 is 1.17 bits per heavy atom. The zero-order valence-electron chi connectivity index (χ0n) is 13.8. The summed E-state index contributed by atoms with van der Waals surface area (Å²) in [6, 6.07) is 7.19. The molecule has 1 unspecified atom stereocenters. The zero-order valence-corrected chi connectivity index (χ0v) is 13.8. The number of benzene rings is 1. The molecule has 3 amide bonds. The van der Waals surface area contributed by atoms with E-state index in [4.69, 9.17) is 4.74 Å². The summed E-state index contributed by atoms with van der Waals surface area (Å²) >= 11 is 0. The minimum absolute atomic E-state index is 0.310. The van der Waals surface area contributed by atoms with Crippen molar-refractivity contribution in [1.29, 1.82) is 0 Å². The summed E-state index contributed by atoms with van der Waals surface area (Å²) in [7, 11) is 4.70. The van der Waals surface area contributed by atoms with Gasteiger partial charge in [-0.25, -0.2) is 9.79 Å². The van der Waals surface area contributed by atoms with Crippen molar-refractivity contribution < 1.29 is 14.3 Å². The Morgan fingerprint density at radius 2 is 1.88 bits per heavy atom. The lowest BCUT2D eigenvalue weighted by Crippen LogP contribution is -2.59. The number of imide groups is 1. The van der Waals surface area contributed by atoms with Gasteiger partial charge in [-0.05, 0) is 23.8 Å². The van der Waals surface area contributed by atoms with Crippen LogP contribution >= 0.6 is 0 Å². The van der Waals surface area contributed by atoms with E-state index in [9.17, 15) is 9.59 Å². The quantitative estimate of drug-likeness (QED) is 0.848. The Kier molecular flexibility index (Phi) is 4.16. The number of carbonyl (C=O) groups excluding carboxylic acids is 2. The first-order chi connectivity index (χ1) is 11.5. The highest BCUT2D eigenvalue weighted by atomic mass is 16.5. The SMILES string of the molecule is COc1ccc(CN=C2C=CN=C3C2C(=O)N(C)C(=O)N3C)cc1. The molecular weight excluding hydrogens is 308 g/mol. The Hall–Kier alpha value is -2.96. The number of allylic oxidation sites excluding steroid dienone is 1. The van der Waals surface area contributed by atoms with Gasteiger partial charge in [0.05, 0.1) is 19.4 Å². The molecule has 0 spiro atoms. The molecule has 0 saturated carbocycles. The van der Waals surface area contributed by atoms with Gasteiger partial charge in [0.2, 0.25) is 5.91 Å². The number of hydrogen-bond donors (Lipinski definition) is 0. The van der Waals surface area contributed by atoms with E-state index in [1.165, 1.54) is 11.9 Å². The molecule has 2 aliphatic heterocycles. The second kappa shape index (κ2) is 6.27. The van der Waals surface area contributed by atoms with Crippen molar-refractivity contribution in [3.63, 3.8) is 0 Å². The van der Waals surface area contributed by atoms with E-state index in [0.717, 1.165) is 16.2 Å². The molecule has 0 aliphatic carbocycles. The average Bonchev–Trinajstić information content (AvgIpc) is 2.63. The van der Waals surface area contributed by atoms with Gasteiger partial charge in [0.25, 0.3) is 0 Å². The van der Waals surface area contributed by atoms with Crippen LogP contribution in [0, 0.1) is 5.92 Å². The second-order valence-corrected chi connectivity index (χ2v) is 5.56. The van der Waals surface area contributed by atoms with Crippen LogP contribution in [0.25, 0.3) is 0 Å². The Balaban J connectivity index is 1.85. The molecule has 2 aliphatic rings. The third-order valence-electron chi connectivity index (χ3n) is 4.10. The number of ether oxygens (including phenoxy) is 1. The third kappa shape index (κ3) is 2.68. The summed E-state index contributed by atoms with van der Waals surface area (Å²) in [5.74, 6) is 0.248. The molecule has 124 valence electrons. The van der Waals surface area contributed by atoms with Gasteiger partial charge >= 0.3 is 6.03 Å². The predicted molar refractivity (Wildman–Crippen MR) is 90.1 cm³/mol. The zero-order chi connectivity index (χ0) is 17.3. The van der Waals surface area contributed by atoms with Crippen LogP contribution in [0.4, 0.5) is 4.79 Å². The molecule has 1 fully saturated rings. The molecule has 0 radical (unpaired) electrons. The molecule has 0 N–H and O–H groups in total. The van der Waals surface area contributed by atoms with Crippen molar-refractivity contribution in [3.8, 4) is 5.75 Å². The van der Waals surface area contributed by atoms with E-state index in [1.807, 2.05) is 24.3 Å². The van der Waals surface area contributed by atoms with E-state index >= 15 is 0 Å². The number of fused-ring (bicyclic) bond motifs is 1. The first-order valence-electron chi connectivity index (χ1n) is 7.49. The first kappa shape index (κ1) is 15.9. The number of amides is 3. The lowest BCUT2D eigenvalue weighted by molar-refractivity contribution is -0.128. The molecule has 7 nitrogen and oxygen atoms in total. The number of methoxy groups -OCH3 is 1. The summed E-state index contributed by atoms with van der Waals surface area (Å²) in [5, 5.41) is 0. The Bertz CT molecular complexity index is 765. The van der Waals surface area contributed by atoms with E-state index in [-0.39, 0.29) is 11.9 Å². The maximum absolute atomic E-state index is 12.5. The summed E-state index contributed by atoms with van der Waals surface area (Å²) in [6.45, 7) is 0.433. The molecule has 1 atom stereocenters.